The van der Waals surface area contributed by atoms with Crippen LogP contribution < -0.4 is 5.11 Å². The molecule has 2 aromatic carbocycles. The lowest BCUT2D eigenvalue weighted by Crippen LogP contribution is -2.02. The third-order valence-electron chi connectivity index (χ3n) is 2.72. The second kappa shape index (κ2) is 5.83. The Hall–Kier alpha value is -2.21. The topological polar surface area (TPSA) is 78.6 Å². The quantitative estimate of drug-likeness (QED) is 0.490. The number of hydrogen-bond acceptors (Lipinski definition) is 4. The normalized spacial score (nSPS) is 10.9. The standard InChI is InChI=1S/C14H11BrN2O3/c1-9-4-2-3-5-12(9)16-8-10-6-11(15)7-13(14(10)18)17(19)20/h2-8,18H,1H3/p-1. The molecule has 0 saturated carbocycles. The summed E-state index contributed by atoms with van der Waals surface area (Å²) in [6.07, 6.45) is 1.35. The van der Waals surface area contributed by atoms with Crippen LogP contribution >= 0.6 is 15.9 Å². The molecule has 0 amide bonds. The second-order valence-corrected chi connectivity index (χ2v) is 5.06. The Bertz CT molecular complexity index is 699. The monoisotopic (exact) mass is 333 g/mol. The fourth-order valence-electron chi connectivity index (χ4n) is 1.68. The van der Waals surface area contributed by atoms with Crippen LogP contribution in [0.4, 0.5) is 11.4 Å². The van der Waals surface area contributed by atoms with Gasteiger partial charge in [-0.1, -0.05) is 34.1 Å². The van der Waals surface area contributed by atoms with Gasteiger partial charge < -0.3 is 5.11 Å². The summed E-state index contributed by atoms with van der Waals surface area (Å²) in [6.45, 7) is 1.90. The van der Waals surface area contributed by atoms with Gasteiger partial charge in [-0.3, -0.25) is 15.1 Å². The molecule has 5 nitrogen and oxygen atoms in total. The number of para-hydroxylation sites is 1. The van der Waals surface area contributed by atoms with E-state index in [1.165, 1.54) is 18.3 Å². The van der Waals surface area contributed by atoms with Crippen LogP contribution in [0.3, 0.4) is 0 Å². The van der Waals surface area contributed by atoms with E-state index < -0.39 is 16.4 Å². The summed E-state index contributed by atoms with van der Waals surface area (Å²) in [4.78, 5) is 14.3. The minimum absolute atomic E-state index is 0.175. The number of aliphatic imine (C=N–C) groups is 1. The highest BCUT2D eigenvalue weighted by Crippen LogP contribution is 2.30. The first-order valence-electron chi connectivity index (χ1n) is 5.73. The van der Waals surface area contributed by atoms with E-state index in [0.29, 0.717) is 4.47 Å². The third-order valence-corrected chi connectivity index (χ3v) is 3.18. The van der Waals surface area contributed by atoms with Gasteiger partial charge in [0.15, 0.2) is 0 Å². The average molecular weight is 334 g/mol. The molecule has 0 saturated heterocycles. The number of nitro groups is 1. The van der Waals surface area contributed by atoms with Crippen LogP contribution in [0.25, 0.3) is 0 Å². The molecule has 0 fully saturated rings. The zero-order valence-electron chi connectivity index (χ0n) is 10.5. The van der Waals surface area contributed by atoms with Gasteiger partial charge in [-0.15, -0.1) is 0 Å². The minimum Gasteiger partial charge on any atom is -0.867 e. The SMILES string of the molecule is Cc1ccccc1N=Cc1cc(Br)cc([N+](=O)[O-])c1[O-]. The van der Waals surface area contributed by atoms with Gasteiger partial charge in [-0.25, -0.2) is 0 Å². The first kappa shape index (κ1) is 14.2. The molecule has 6 heteroatoms. The summed E-state index contributed by atoms with van der Waals surface area (Å²) in [5, 5.41) is 22.7. The van der Waals surface area contributed by atoms with Crippen LogP contribution in [-0.4, -0.2) is 11.1 Å². The number of benzene rings is 2. The molecule has 0 aliphatic heterocycles. The largest absolute Gasteiger partial charge is 0.867 e. The zero-order valence-corrected chi connectivity index (χ0v) is 12.1. The van der Waals surface area contributed by atoms with Crippen molar-refractivity contribution in [2.24, 2.45) is 4.99 Å². The molecule has 0 aliphatic carbocycles. The average Bonchev–Trinajstić information content (AvgIpc) is 2.40. The lowest BCUT2D eigenvalue weighted by molar-refractivity contribution is -0.398. The molecule has 20 heavy (non-hydrogen) atoms. The van der Waals surface area contributed by atoms with Crippen LogP contribution in [-0.2, 0) is 0 Å². The van der Waals surface area contributed by atoms with E-state index >= 15 is 0 Å². The Kier molecular flexibility index (Phi) is 4.14. The summed E-state index contributed by atoms with van der Waals surface area (Å²) in [6, 6.07) is 10.1. The van der Waals surface area contributed by atoms with Crippen LogP contribution in [0.1, 0.15) is 11.1 Å². The molecule has 0 unspecified atom stereocenters. The van der Waals surface area contributed by atoms with E-state index in [1.54, 1.807) is 0 Å². The molecule has 2 rings (SSSR count). The van der Waals surface area contributed by atoms with Crippen molar-refractivity contribution in [1.29, 1.82) is 0 Å². The van der Waals surface area contributed by atoms with Gasteiger partial charge in [-0.2, -0.15) is 0 Å². The van der Waals surface area contributed by atoms with Crippen molar-refractivity contribution >= 4 is 33.5 Å². The predicted octanol–water partition coefficient (Wildman–Crippen LogP) is 3.49. The van der Waals surface area contributed by atoms with Gasteiger partial charge in [0.25, 0.3) is 5.69 Å². The summed E-state index contributed by atoms with van der Waals surface area (Å²) in [5.41, 5.74) is 1.38. The summed E-state index contributed by atoms with van der Waals surface area (Å²) in [7, 11) is 0. The maximum absolute atomic E-state index is 11.9. The Balaban J connectivity index is 2.44. The summed E-state index contributed by atoms with van der Waals surface area (Å²) < 4.78 is 0.468. The summed E-state index contributed by atoms with van der Waals surface area (Å²) in [5.74, 6) is -0.643. The first-order chi connectivity index (χ1) is 9.49. The number of nitro benzene ring substituents is 1. The maximum atomic E-state index is 11.9. The molecule has 0 radical (unpaired) electrons. The molecular weight excluding hydrogens is 324 g/mol. The zero-order chi connectivity index (χ0) is 14.7. The van der Waals surface area contributed by atoms with Gasteiger partial charge in [0, 0.05) is 16.8 Å². The van der Waals surface area contributed by atoms with Gasteiger partial charge in [0.05, 0.1) is 10.6 Å². The number of aryl methyl sites for hydroxylation is 1. The second-order valence-electron chi connectivity index (χ2n) is 4.15. The Morgan fingerprint density at radius 3 is 2.65 bits per heavy atom. The van der Waals surface area contributed by atoms with Gasteiger partial charge in [0.1, 0.15) is 0 Å². The highest BCUT2D eigenvalue weighted by molar-refractivity contribution is 9.10. The lowest BCUT2D eigenvalue weighted by Gasteiger charge is -2.11. The molecule has 0 N–H and O–H groups in total. The van der Waals surface area contributed by atoms with Gasteiger partial charge in [0.2, 0.25) is 0 Å². The van der Waals surface area contributed by atoms with Gasteiger partial charge >= 0.3 is 0 Å². The smallest absolute Gasteiger partial charge is 0.263 e. The van der Waals surface area contributed by atoms with Crippen molar-refractivity contribution in [1.82, 2.24) is 0 Å². The van der Waals surface area contributed by atoms with E-state index in [0.717, 1.165) is 11.3 Å². The van der Waals surface area contributed by atoms with Crippen LogP contribution in [0, 0.1) is 17.0 Å². The van der Waals surface area contributed by atoms with E-state index in [9.17, 15) is 15.2 Å². The number of nitrogens with zero attached hydrogens (tertiary/aromatic N) is 2. The number of hydrogen-bond donors (Lipinski definition) is 0. The molecule has 0 atom stereocenters. The molecule has 0 spiro atoms. The van der Waals surface area contributed by atoms with Crippen LogP contribution in [0.5, 0.6) is 5.75 Å². The first-order valence-corrected chi connectivity index (χ1v) is 6.53. The number of rotatable bonds is 3. The van der Waals surface area contributed by atoms with Crippen molar-refractivity contribution in [2.45, 2.75) is 6.92 Å². The molecular formula is C14H10BrN2O3-. The third kappa shape index (κ3) is 3.03. The Morgan fingerprint density at radius 1 is 1.30 bits per heavy atom. The fraction of sp³-hybridized carbons (Fsp3) is 0.0714. The van der Waals surface area contributed by atoms with Crippen molar-refractivity contribution in [3.05, 3.63) is 62.1 Å². The van der Waals surface area contributed by atoms with E-state index in [1.807, 2.05) is 31.2 Å². The highest BCUT2D eigenvalue weighted by atomic mass is 79.9. The van der Waals surface area contributed by atoms with E-state index in [4.69, 9.17) is 0 Å². The molecule has 0 heterocycles. The Labute approximate surface area is 123 Å². The molecule has 0 aliphatic rings. The van der Waals surface area contributed by atoms with Crippen molar-refractivity contribution < 1.29 is 10.0 Å². The molecule has 2 aromatic rings. The molecule has 102 valence electrons. The van der Waals surface area contributed by atoms with Crippen LogP contribution in [0.15, 0.2) is 45.9 Å². The number of halogens is 1. The van der Waals surface area contributed by atoms with Crippen molar-refractivity contribution in [2.75, 3.05) is 0 Å². The summed E-state index contributed by atoms with van der Waals surface area (Å²) >= 11 is 3.15. The molecule has 0 aromatic heterocycles. The van der Waals surface area contributed by atoms with Gasteiger partial charge in [-0.05, 0) is 35.9 Å². The molecule has 0 bridgehead atoms. The highest BCUT2D eigenvalue weighted by Gasteiger charge is 2.11. The predicted molar refractivity (Wildman–Crippen MR) is 78.7 cm³/mol. The van der Waals surface area contributed by atoms with Crippen molar-refractivity contribution in [3.63, 3.8) is 0 Å². The fourth-order valence-corrected chi connectivity index (χ4v) is 2.14. The van der Waals surface area contributed by atoms with Crippen molar-refractivity contribution in [3.8, 4) is 5.75 Å². The lowest BCUT2D eigenvalue weighted by atomic mass is 10.2. The van der Waals surface area contributed by atoms with E-state index in [-0.39, 0.29) is 5.56 Å². The minimum atomic E-state index is -0.696. The Morgan fingerprint density at radius 2 is 2.00 bits per heavy atom. The van der Waals surface area contributed by atoms with Crippen LogP contribution in [0.2, 0.25) is 0 Å². The maximum Gasteiger partial charge on any atom is 0.263 e. The van der Waals surface area contributed by atoms with E-state index in [2.05, 4.69) is 20.9 Å².